The van der Waals surface area contributed by atoms with Gasteiger partial charge in [0.1, 0.15) is 0 Å². The summed E-state index contributed by atoms with van der Waals surface area (Å²) in [5.41, 5.74) is 16.1. The van der Waals surface area contributed by atoms with Gasteiger partial charge in [0.05, 0.1) is 0 Å². The number of rotatable bonds is 2. The van der Waals surface area contributed by atoms with Crippen LogP contribution in [0.15, 0.2) is 154 Å². The fraction of sp³-hybridized carbons (Fsp3) is 0.222. The quantitative estimate of drug-likeness (QED) is 0.479. The number of hydrogen-bond acceptors (Lipinski definition) is 0. The Kier molecular flexibility index (Phi) is 8.54. The minimum atomic E-state index is -0.887. The summed E-state index contributed by atoms with van der Waals surface area (Å²) in [5, 5.41) is 0. The van der Waals surface area contributed by atoms with Crippen LogP contribution in [0.3, 0.4) is 0 Å². The van der Waals surface area contributed by atoms with Crippen LogP contribution >= 0.6 is 0 Å². The Hall–Kier alpha value is -2.18. The number of benzene rings is 2. The van der Waals surface area contributed by atoms with Gasteiger partial charge < -0.3 is 24.8 Å². The molecule has 7 rings (SSSR count). The molecule has 2 aromatic rings. The van der Waals surface area contributed by atoms with Crippen molar-refractivity contribution in [1.29, 1.82) is 0 Å². The molecule has 1 heterocycles. The van der Waals surface area contributed by atoms with Crippen LogP contribution in [0.2, 0.25) is 7.25 Å². The zero-order chi connectivity index (χ0) is 24.9. The van der Waals surface area contributed by atoms with Crippen LogP contribution < -0.4 is 24.8 Å². The molecule has 0 saturated carbocycles. The SMILES string of the molecule is CC1=C2CCC3=C(C)[CH]([Zr+2][CH]1C1=C2C(c2ccccc2)C=CC=C1)C1=C3C(c2ccccc2)C=CC=C1.[Cl-].[Cl-]. The number of fused-ring (bicyclic) bond motifs is 6. The summed E-state index contributed by atoms with van der Waals surface area (Å²) in [4.78, 5) is 0. The Morgan fingerprint density at radius 1 is 0.564 bits per heavy atom. The third-order valence-electron chi connectivity index (χ3n) is 8.99. The van der Waals surface area contributed by atoms with E-state index in [1.54, 1.807) is 44.6 Å². The average molecular weight is 627 g/mol. The molecule has 2 aromatic carbocycles. The molecule has 0 N–H and O–H groups in total. The number of hydrogen-bond donors (Lipinski definition) is 0. The first kappa shape index (κ1) is 28.4. The molecule has 0 aromatic heterocycles. The van der Waals surface area contributed by atoms with E-state index >= 15 is 0 Å². The predicted octanol–water partition coefficient (Wildman–Crippen LogP) is 3.52. The first-order valence-electron chi connectivity index (χ1n) is 13.7. The first-order chi connectivity index (χ1) is 18.2. The molecule has 0 spiro atoms. The molecule has 1 aliphatic heterocycles. The summed E-state index contributed by atoms with van der Waals surface area (Å²) in [6.07, 6.45) is 21.3. The van der Waals surface area contributed by atoms with Crippen molar-refractivity contribution in [2.45, 2.75) is 45.8 Å². The number of halogens is 2. The fourth-order valence-corrected chi connectivity index (χ4v) is 12.3. The van der Waals surface area contributed by atoms with Gasteiger partial charge in [0.2, 0.25) is 0 Å². The van der Waals surface area contributed by atoms with E-state index in [-0.39, 0.29) is 24.8 Å². The van der Waals surface area contributed by atoms with Crippen molar-refractivity contribution in [2.75, 3.05) is 0 Å². The molecular weight excluding hydrogens is 595 g/mol. The van der Waals surface area contributed by atoms with Crippen LogP contribution in [0.5, 0.6) is 0 Å². The molecule has 0 nitrogen and oxygen atoms in total. The molecule has 4 atom stereocenters. The monoisotopic (exact) mass is 624 g/mol. The topological polar surface area (TPSA) is 0 Å². The Morgan fingerprint density at radius 2 is 0.974 bits per heavy atom. The zero-order valence-corrected chi connectivity index (χ0v) is 26.3. The molecule has 0 saturated heterocycles. The van der Waals surface area contributed by atoms with Gasteiger partial charge in [-0.1, -0.05) is 0 Å². The minimum Gasteiger partial charge on any atom is -1.00 e. The summed E-state index contributed by atoms with van der Waals surface area (Å²) >= 11 is -0.887. The van der Waals surface area contributed by atoms with Crippen molar-refractivity contribution >= 4 is 0 Å². The van der Waals surface area contributed by atoms with Crippen molar-refractivity contribution in [2.24, 2.45) is 0 Å². The van der Waals surface area contributed by atoms with Crippen molar-refractivity contribution in [3.8, 4) is 0 Å². The molecule has 3 heteroatoms. The average Bonchev–Trinajstić information content (AvgIpc) is 3.15. The van der Waals surface area contributed by atoms with Crippen LogP contribution in [0.1, 0.15) is 49.7 Å². The number of allylic oxidation sites excluding steroid dienone is 16. The van der Waals surface area contributed by atoms with Crippen LogP contribution in [-0.2, 0) is 23.2 Å². The summed E-state index contributed by atoms with van der Waals surface area (Å²) < 4.78 is 1.31. The molecule has 0 amide bonds. The maximum atomic E-state index is 2.47. The Labute approximate surface area is 257 Å². The van der Waals surface area contributed by atoms with Crippen molar-refractivity contribution < 1.29 is 48.0 Å². The van der Waals surface area contributed by atoms with E-state index in [0.29, 0.717) is 19.1 Å². The van der Waals surface area contributed by atoms with E-state index in [9.17, 15) is 0 Å². The van der Waals surface area contributed by atoms with Crippen LogP contribution in [0, 0.1) is 0 Å². The van der Waals surface area contributed by atoms with Gasteiger partial charge in [-0.25, -0.2) is 0 Å². The fourth-order valence-electron chi connectivity index (χ4n) is 7.25. The summed E-state index contributed by atoms with van der Waals surface area (Å²) in [6.45, 7) is 4.95. The van der Waals surface area contributed by atoms with Gasteiger partial charge in [0.25, 0.3) is 0 Å². The molecule has 5 aliphatic rings. The van der Waals surface area contributed by atoms with Crippen LogP contribution in [-0.4, -0.2) is 0 Å². The Bertz CT molecular complexity index is 1400. The normalized spacial score (nSPS) is 26.3. The van der Waals surface area contributed by atoms with Crippen molar-refractivity contribution in [3.63, 3.8) is 0 Å². The van der Waals surface area contributed by atoms with E-state index in [1.807, 2.05) is 0 Å². The molecule has 39 heavy (non-hydrogen) atoms. The third-order valence-corrected chi connectivity index (χ3v) is 14.3. The summed E-state index contributed by atoms with van der Waals surface area (Å²) in [7, 11) is 0. The maximum absolute atomic E-state index is 2.47. The van der Waals surface area contributed by atoms with Crippen LogP contribution in [0.25, 0.3) is 0 Å². The van der Waals surface area contributed by atoms with E-state index < -0.39 is 23.2 Å². The van der Waals surface area contributed by atoms with E-state index in [2.05, 4.69) is 123 Å². The molecule has 0 fully saturated rings. The smallest absolute Gasteiger partial charge is 1.00 e. The van der Waals surface area contributed by atoms with Gasteiger partial charge in [-0.3, -0.25) is 0 Å². The van der Waals surface area contributed by atoms with Crippen molar-refractivity contribution in [1.82, 2.24) is 0 Å². The van der Waals surface area contributed by atoms with Crippen LogP contribution in [0.4, 0.5) is 0 Å². The van der Waals surface area contributed by atoms with Gasteiger partial charge in [-0.05, 0) is 0 Å². The van der Waals surface area contributed by atoms with Gasteiger partial charge in [0, 0.05) is 0 Å². The molecular formula is C36H32Cl2Zr. The molecule has 4 unspecified atom stereocenters. The zero-order valence-electron chi connectivity index (χ0n) is 22.4. The standard InChI is InChI=1S/C36H32.2ClH.Zr/c1-25-23-29-17-9-11-19-33(27-13-5-3-6-14-27)35(29)31(25)21-22-32-26(2)24-30-18-10-12-20-34(36(30)32)28-15-7-4-8-16-28;;;/h3-20,23-24,33-34H,21-22H2,1-2H3;2*1H;/q;;;+2/p-2. The van der Waals surface area contributed by atoms with Gasteiger partial charge in [0.15, 0.2) is 0 Å². The Morgan fingerprint density at radius 3 is 1.38 bits per heavy atom. The maximum Gasteiger partial charge on any atom is -1.00 e. The van der Waals surface area contributed by atoms with Crippen molar-refractivity contribution in [3.05, 3.63) is 165 Å². The molecule has 194 valence electrons. The van der Waals surface area contributed by atoms with E-state index in [1.165, 1.54) is 11.1 Å². The second kappa shape index (κ2) is 11.7. The van der Waals surface area contributed by atoms with Gasteiger partial charge in [-0.15, -0.1) is 0 Å². The largest absolute Gasteiger partial charge is 1.00 e. The summed E-state index contributed by atoms with van der Waals surface area (Å²) in [6, 6.07) is 22.3. The second-order valence-corrected chi connectivity index (χ2v) is 14.5. The molecule has 4 aliphatic carbocycles. The molecule has 0 radical (unpaired) electrons. The minimum absolute atomic E-state index is 0. The predicted molar refractivity (Wildman–Crippen MR) is 151 cm³/mol. The summed E-state index contributed by atoms with van der Waals surface area (Å²) in [5.74, 6) is 0.719. The Balaban J connectivity index is 0.00000154. The molecule has 4 bridgehead atoms. The van der Waals surface area contributed by atoms with E-state index in [4.69, 9.17) is 0 Å². The third kappa shape index (κ3) is 4.76. The first-order valence-corrected chi connectivity index (χ1v) is 16.5. The van der Waals surface area contributed by atoms with Gasteiger partial charge >= 0.3 is 234 Å². The van der Waals surface area contributed by atoms with E-state index in [0.717, 1.165) is 12.8 Å². The second-order valence-electron chi connectivity index (χ2n) is 10.9. The van der Waals surface area contributed by atoms with Gasteiger partial charge in [-0.2, -0.15) is 0 Å².